The van der Waals surface area contributed by atoms with Gasteiger partial charge in [0.2, 0.25) is 11.8 Å². The first-order valence-corrected chi connectivity index (χ1v) is 7.83. The molecule has 5 heteroatoms. The summed E-state index contributed by atoms with van der Waals surface area (Å²) in [5.41, 5.74) is 2.50. The average Bonchev–Trinajstić information content (AvgIpc) is 2.80. The first kappa shape index (κ1) is 16.5. The quantitative estimate of drug-likeness (QED) is 0.858. The van der Waals surface area contributed by atoms with E-state index in [4.69, 9.17) is 0 Å². The predicted octanol–water partition coefficient (Wildman–Crippen LogP) is 1.16. The Hall–Kier alpha value is -1.88. The number of hydrogen-bond donors (Lipinski definition) is 1. The van der Waals surface area contributed by atoms with Gasteiger partial charge in [-0.25, -0.2) is 0 Å². The van der Waals surface area contributed by atoms with Crippen molar-refractivity contribution in [2.45, 2.75) is 33.2 Å². The molecule has 22 heavy (non-hydrogen) atoms. The summed E-state index contributed by atoms with van der Waals surface area (Å²) in [7, 11) is 0. The monoisotopic (exact) mass is 303 g/mol. The van der Waals surface area contributed by atoms with Crippen LogP contribution in [-0.2, 0) is 16.0 Å². The van der Waals surface area contributed by atoms with Crippen LogP contribution in [0.1, 0.15) is 25.0 Å². The van der Waals surface area contributed by atoms with E-state index >= 15 is 0 Å². The zero-order valence-corrected chi connectivity index (χ0v) is 13.6. The number of benzene rings is 1. The smallest absolute Gasteiger partial charge is 0.237 e. The molecule has 1 N–H and O–H groups in total. The lowest BCUT2D eigenvalue weighted by Gasteiger charge is -2.19. The average molecular weight is 303 g/mol. The minimum atomic E-state index is -0.0214. The van der Waals surface area contributed by atoms with Crippen molar-refractivity contribution in [2.24, 2.45) is 0 Å². The van der Waals surface area contributed by atoms with Gasteiger partial charge in [-0.05, 0) is 38.3 Å². The number of rotatable bonds is 6. The molecule has 1 fully saturated rings. The van der Waals surface area contributed by atoms with Crippen LogP contribution in [0.3, 0.4) is 0 Å². The normalized spacial score (nSPS) is 16.9. The second-order valence-electron chi connectivity index (χ2n) is 5.98. The highest BCUT2D eigenvalue weighted by Crippen LogP contribution is 2.10. The maximum Gasteiger partial charge on any atom is 0.237 e. The zero-order valence-electron chi connectivity index (χ0n) is 13.6. The molecule has 1 heterocycles. The Morgan fingerprint density at radius 2 is 2.09 bits per heavy atom. The molecule has 5 nitrogen and oxygen atoms in total. The molecule has 1 atom stereocenters. The number of hydrogen-bond acceptors (Lipinski definition) is 3. The molecule has 0 spiro atoms. The van der Waals surface area contributed by atoms with Crippen LogP contribution in [0.4, 0.5) is 0 Å². The fourth-order valence-electron chi connectivity index (χ4n) is 2.79. The van der Waals surface area contributed by atoms with Crippen LogP contribution >= 0.6 is 0 Å². The Bertz CT molecular complexity index is 544. The van der Waals surface area contributed by atoms with E-state index in [9.17, 15) is 9.59 Å². The third-order valence-electron chi connectivity index (χ3n) is 4.03. The second kappa shape index (κ2) is 7.40. The number of carbonyl (C=O) groups excluding carboxylic acids is 2. The summed E-state index contributed by atoms with van der Waals surface area (Å²) < 4.78 is 0. The molecule has 1 aliphatic heterocycles. The number of nitrogens with zero attached hydrogens (tertiary/aromatic N) is 2. The van der Waals surface area contributed by atoms with E-state index in [1.165, 1.54) is 11.1 Å². The van der Waals surface area contributed by atoms with Gasteiger partial charge >= 0.3 is 0 Å². The van der Waals surface area contributed by atoms with Gasteiger partial charge in [0.1, 0.15) is 0 Å². The van der Waals surface area contributed by atoms with Crippen LogP contribution in [-0.4, -0.2) is 54.0 Å². The van der Waals surface area contributed by atoms with E-state index in [1.54, 1.807) is 4.90 Å². The van der Waals surface area contributed by atoms with Gasteiger partial charge < -0.3 is 10.2 Å². The molecule has 0 bridgehead atoms. The van der Waals surface area contributed by atoms with Gasteiger partial charge in [-0.2, -0.15) is 0 Å². The van der Waals surface area contributed by atoms with Crippen LogP contribution < -0.4 is 5.32 Å². The van der Waals surface area contributed by atoms with Crippen molar-refractivity contribution in [3.8, 4) is 0 Å². The van der Waals surface area contributed by atoms with Crippen molar-refractivity contribution >= 4 is 11.8 Å². The minimum Gasteiger partial charge on any atom is -0.352 e. The molecule has 0 aromatic heterocycles. The standard InChI is InChI=1S/C17H25N3O2/c1-4-20-12-19(11-17(20)22)10-16(21)18-14(3)9-15-8-6-5-7-13(15)2/h5-8,14H,4,9-12H2,1-3H3,(H,18,21)/t14-/m0/s1. The van der Waals surface area contributed by atoms with Crippen LogP contribution in [0.5, 0.6) is 0 Å². The molecule has 0 aliphatic carbocycles. The second-order valence-corrected chi connectivity index (χ2v) is 5.98. The highest BCUT2D eigenvalue weighted by molar-refractivity contribution is 5.83. The summed E-state index contributed by atoms with van der Waals surface area (Å²) in [6.07, 6.45) is 0.818. The first-order chi connectivity index (χ1) is 10.5. The topological polar surface area (TPSA) is 52.6 Å². The fourth-order valence-corrected chi connectivity index (χ4v) is 2.79. The van der Waals surface area contributed by atoms with Crippen molar-refractivity contribution in [3.63, 3.8) is 0 Å². The van der Waals surface area contributed by atoms with E-state index in [-0.39, 0.29) is 24.4 Å². The molecular weight excluding hydrogens is 278 g/mol. The summed E-state index contributed by atoms with van der Waals surface area (Å²) in [4.78, 5) is 27.4. The molecule has 0 unspecified atom stereocenters. The lowest BCUT2D eigenvalue weighted by Crippen LogP contribution is -2.41. The molecule has 1 aromatic carbocycles. The SMILES string of the molecule is CCN1CN(CC(=O)N[C@@H](C)Cc2ccccc2C)CC1=O. The Morgan fingerprint density at radius 1 is 1.36 bits per heavy atom. The molecule has 2 amide bonds. The molecular formula is C17H25N3O2. The minimum absolute atomic E-state index is 0.0214. The van der Waals surface area contributed by atoms with Gasteiger partial charge in [0.15, 0.2) is 0 Å². The summed E-state index contributed by atoms with van der Waals surface area (Å²) >= 11 is 0. The highest BCUT2D eigenvalue weighted by Gasteiger charge is 2.27. The van der Waals surface area contributed by atoms with Crippen molar-refractivity contribution < 1.29 is 9.59 Å². The third kappa shape index (κ3) is 4.31. The first-order valence-electron chi connectivity index (χ1n) is 7.83. The van der Waals surface area contributed by atoms with Crippen molar-refractivity contribution in [3.05, 3.63) is 35.4 Å². The Balaban J connectivity index is 1.80. The van der Waals surface area contributed by atoms with Crippen molar-refractivity contribution in [1.29, 1.82) is 0 Å². The molecule has 120 valence electrons. The van der Waals surface area contributed by atoms with Gasteiger partial charge in [0.05, 0.1) is 19.8 Å². The van der Waals surface area contributed by atoms with Gasteiger partial charge in [0.25, 0.3) is 0 Å². The van der Waals surface area contributed by atoms with Gasteiger partial charge in [-0.3, -0.25) is 14.5 Å². The maximum absolute atomic E-state index is 12.1. The third-order valence-corrected chi connectivity index (χ3v) is 4.03. The fraction of sp³-hybridized carbons (Fsp3) is 0.529. The van der Waals surface area contributed by atoms with E-state index in [2.05, 4.69) is 24.4 Å². The van der Waals surface area contributed by atoms with E-state index in [0.717, 1.165) is 6.42 Å². The van der Waals surface area contributed by atoms with Crippen LogP contribution in [0.2, 0.25) is 0 Å². The number of aryl methyl sites for hydroxylation is 1. The van der Waals surface area contributed by atoms with Crippen molar-refractivity contribution in [1.82, 2.24) is 15.1 Å². The number of nitrogens with one attached hydrogen (secondary N) is 1. The Labute approximate surface area is 132 Å². The van der Waals surface area contributed by atoms with E-state index in [1.807, 2.05) is 30.9 Å². The Morgan fingerprint density at radius 3 is 2.73 bits per heavy atom. The summed E-state index contributed by atoms with van der Waals surface area (Å²) in [6, 6.07) is 8.29. The highest BCUT2D eigenvalue weighted by atomic mass is 16.2. The van der Waals surface area contributed by atoms with E-state index < -0.39 is 0 Å². The maximum atomic E-state index is 12.1. The molecule has 1 saturated heterocycles. The predicted molar refractivity (Wildman–Crippen MR) is 86.3 cm³/mol. The lowest BCUT2D eigenvalue weighted by molar-refractivity contribution is -0.126. The van der Waals surface area contributed by atoms with Gasteiger partial charge in [-0.15, -0.1) is 0 Å². The van der Waals surface area contributed by atoms with Gasteiger partial charge in [-0.1, -0.05) is 24.3 Å². The largest absolute Gasteiger partial charge is 0.352 e. The summed E-state index contributed by atoms with van der Waals surface area (Å²) in [5.74, 6) is 0.0788. The zero-order chi connectivity index (χ0) is 16.1. The van der Waals surface area contributed by atoms with Crippen molar-refractivity contribution in [2.75, 3.05) is 26.3 Å². The molecule has 1 aromatic rings. The molecule has 0 radical (unpaired) electrons. The number of amides is 2. The van der Waals surface area contributed by atoms with Crippen LogP contribution in [0, 0.1) is 6.92 Å². The molecule has 0 saturated carbocycles. The lowest BCUT2D eigenvalue weighted by atomic mass is 10.0. The summed E-state index contributed by atoms with van der Waals surface area (Å²) in [5, 5.41) is 3.02. The van der Waals surface area contributed by atoms with Gasteiger partial charge in [0, 0.05) is 12.6 Å². The Kier molecular flexibility index (Phi) is 5.55. The molecule has 1 aliphatic rings. The number of likely N-dealkylation sites (N-methyl/N-ethyl adjacent to an activating group) is 1. The molecule has 2 rings (SSSR count). The number of carbonyl (C=O) groups is 2. The van der Waals surface area contributed by atoms with Crippen LogP contribution in [0.25, 0.3) is 0 Å². The van der Waals surface area contributed by atoms with Crippen LogP contribution in [0.15, 0.2) is 24.3 Å². The van der Waals surface area contributed by atoms with E-state index in [0.29, 0.717) is 19.8 Å². The summed E-state index contributed by atoms with van der Waals surface area (Å²) in [6.45, 7) is 7.91.